The topological polar surface area (TPSA) is 121 Å². The highest BCUT2D eigenvalue weighted by Crippen LogP contribution is 2.39. The van der Waals surface area contributed by atoms with Crippen LogP contribution in [0.2, 0.25) is 0 Å². The molecule has 8 nitrogen and oxygen atoms in total. The number of fused-ring (bicyclic) bond motifs is 1. The van der Waals surface area contributed by atoms with Crippen molar-refractivity contribution in [2.45, 2.75) is 31.0 Å². The van der Waals surface area contributed by atoms with Crippen LogP contribution < -0.4 is 5.56 Å². The number of rotatable bonds is 2. The first-order chi connectivity index (χ1) is 9.46. The first-order valence-electron chi connectivity index (χ1n) is 6.17. The van der Waals surface area contributed by atoms with Crippen molar-refractivity contribution in [3.63, 3.8) is 0 Å². The van der Waals surface area contributed by atoms with Crippen LogP contribution in [0.4, 0.5) is 0 Å². The minimum absolute atomic E-state index is 0.300. The number of aliphatic hydroxyl groups is 3. The lowest BCUT2D eigenvalue weighted by Crippen LogP contribution is -2.44. The van der Waals surface area contributed by atoms with Crippen LogP contribution in [0, 0.1) is 0 Å². The van der Waals surface area contributed by atoms with E-state index in [0.717, 1.165) is 0 Å². The number of aromatic nitrogens is 3. The number of hydrogen-bond donors (Lipinski definition) is 4. The van der Waals surface area contributed by atoms with Crippen molar-refractivity contribution < 1.29 is 20.1 Å². The summed E-state index contributed by atoms with van der Waals surface area (Å²) in [5.41, 5.74) is -1.57. The number of hydrogen-bond acceptors (Lipinski definition) is 6. The van der Waals surface area contributed by atoms with Crippen molar-refractivity contribution in [3.8, 4) is 0 Å². The summed E-state index contributed by atoms with van der Waals surface area (Å²) in [4.78, 5) is 18.2. The molecule has 3 rings (SSSR count). The summed E-state index contributed by atoms with van der Waals surface area (Å²) in [6.45, 7) is 0.998. The molecule has 1 aliphatic heterocycles. The number of aliphatic hydroxyl groups excluding tert-OH is 2. The highest BCUT2D eigenvalue weighted by Gasteiger charge is 2.53. The lowest BCUT2D eigenvalue weighted by Gasteiger charge is -2.27. The first kappa shape index (κ1) is 13.3. The van der Waals surface area contributed by atoms with Crippen molar-refractivity contribution in [3.05, 3.63) is 28.9 Å². The highest BCUT2D eigenvalue weighted by molar-refractivity contribution is 5.74. The molecular formula is C12H15N3O5. The van der Waals surface area contributed by atoms with E-state index in [9.17, 15) is 15.0 Å². The molecule has 0 saturated carbocycles. The summed E-state index contributed by atoms with van der Waals surface area (Å²) in [5, 5.41) is 29.9. The van der Waals surface area contributed by atoms with Crippen molar-refractivity contribution in [1.82, 2.24) is 14.5 Å². The zero-order valence-electron chi connectivity index (χ0n) is 10.7. The number of nitrogens with one attached hydrogen (secondary N) is 1. The molecule has 0 bridgehead atoms. The molecule has 1 fully saturated rings. The van der Waals surface area contributed by atoms with Crippen LogP contribution in [0.1, 0.15) is 13.2 Å². The molecule has 0 amide bonds. The fourth-order valence-corrected chi connectivity index (χ4v) is 2.56. The van der Waals surface area contributed by atoms with Gasteiger partial charge in [-0.05, 0) is 13.0 Å². The average Bonchev–Trinajstić information content (AvgIpc) is 2.92. The minimum atomic E-state index is -1.61. The largest absolute Gasteiger partial charge is 0.394 e. The second-order valence-electron chi connectivity index (χ2n) is 5.07. The summed E-state index contributed by atoms with van der Waals surface area (Å²) >= 11 is 0. The molecule has 4 atom stereocenters. The minimum Gasteiger partial charge on any atom is -0.394 e. The maximum atomic E-state index is 11.7. The molecular weight excluding hydrogens is 266 g/mol. The molecule has 108 valence electrons. The molecule has 1 saturated heterocycles. The van der Waals surface area contributed by atoms with Crippen LogP contribution >= 0.6 is 0 Å². The van der Waals surface area contributed by atoms with Crippen molar-refractivity contribution >= 4 is 11.0 Å². The smallest absolute Gasteiger partial charge is 0.260 e. The summed E-state index contributed by atoms with van der Waals surface area (Å²) in [5.74, 6) is 0. The molecule has 3 heterocycles. The third kappa shape index (κ3) is 1.70. The number of ether oxygens (including phenoxy) is 1. The van der Waals surface area contributed by atoms with Crippen LogP contribution in [-0.2, 0) is 4.74 Å². The van der Waals surface area contributed by atoms with E-state index >= 15 is 0 Å². The Morgan fingerprint density at radius 3 is 3.00 bits per heavy atom. The Balaban J connectivity index is 2.12. The standard InChI is InChI=1S/C12H15N3O5/c1-12(19)8(17)7(4-16)20-11(12)15-3-2-6-9(15)13-5-14-10(6)18/h2-3,5,7-8,11,16-17,19H,4H2,1H3,(H,13,14,18)/t7?,8-,11?,12-/m1/s1. The Hall–Kier alpha value is -1.74. The van der Waals surface area contributed by atoms with Gasteiger partial charge in [0.2, 0.25) is 0 Å². The lowest BCUT2D eigenvalue weighted by atomic mass is 9.96. The molecule has 2 aromatic heterocycles. The fourth-order valence-electron chi connectivity index (χ4n) is 2.56. The van der Waals surface area contributed by atoms with E-state index in [1.165, 1.54) is 17.8 Å². The van der Waals surface area contributed by atoms with Crippen molar-refractivity contribution in [2.24, 2.45) is 0 Å². The number of nitrogens with zero attached hydrogens (tertiary/aromatic N) is 2. The van der Waals surface area contributed by atoms with Gasteiger partial charge in [-0.3, -0.25) is 4.79 Å². The summed E-state index contributed by atoms with van der Waals surface area (Å²) in [7, 11) is 0. The fraction of sp³-hybridized carbons (Fsp3) is 0.500. The quantitative estimate of drug-likeness (QED) is 0.544. The molecule has 8 heteroatoms. The normalized spacial score (nSPS) is 33.9. The van der Waals surface area contributed by atoms with Gasteiger partial charge in [0.1, 0.15) is 23.5 Å². The van der Waals surface area contributed by atoms with Crippen LogP contribution in [0.3, 0.4) is 0 Å². The zero-order valence-corrected chi connectivity index (χ0v) is 10.7. The molecule has 0 radical (unpaired) electrons. The van der Waals surface area contributed by atoms with Gasteiger partial charge in [0.25, 0.3) is 5.56 Å². The van der Waals surface area contributed by atoms with Gasteiger partial charge in [0, 0.05) is 6.20 Å². The third-order valence-corrected chi connectivity index (χ3v) is 3.70. The molecule has 4 N–H and O–H groups in total. The van der Waals surface area contributed by atoms with Crippen LogP contribution in [0.25, 0.3) is 11.0 Å². The van der Waals surface area contributed by atoms with Gasteiger partial charge in [-0.2, -0.15) is 0 Å². The predicted molar refractivity (Wildman–Crippen MR) is 68.0 cm³/mol. The van der Waals surface area contributed by atoms with Crippen molar-refractivity contribution in [1.29, 1.82) is 0 Å². The molecule has 0 aromatic carbocycles. The lowest BCUT2D eigenvalue weighted by molar-refractivity contribution is -0.0948. The van der Waals surface area contributed by atoms with E-state index in [2.05, 4.69) is 9.97 Å². The molecule has 20 heavy (non-hydrogen) atoms. The van der Waals surface area contributed by atoms with Gasteiger partial charge < -0.3 is 29.6 Å². The molecule has 0 aliphatic carbocycles. The number of H-pyrrole nitrogens is 1. The average molecular weight is 281 g/mol. The predicted octanol–water partition coefficient (Wildman–Crippen LogP) is -1.27. The zero-order chi connectivity index (χ0) is 14.5. The Bertz CT molecular complexity index is 692. The SMILES string of the molecule is C[C@]1(O)C(n2ccc3c(=O)[nH]cnc32)OC(CO)[C@H]1O. The Labute approximate surface area is 113 Å². The van der Waals surface area contributed by atoms with E-state index in [1.807, 2.05) is 0 Å². The van der Waals surface area contributed by atoms with Gasteiger partial charge in [0.15, 0.2) is 6.23 Å². The summed E-state index contributed by atoms with van der Waals surface area (Å²) in [6.07, 6.45) is -0.267. The maximum absolute atomic E-state index is 11.7. The Kier molecular flexibility index (Phi) is 2.91. The third-order valence-electron chi connectivity index (χ3n) is 3.70. The summed E-state index contributed by atoms with van der Waals surface area (Å²) < 4.78 is 6.97. The van der Waals surface area contributed by atoms with Gasteiger partial charge >= 0.3 is 0 Å². The summed E-state index contributed by atoms with van der Waals surface area (Å²) in [6, 6.07) is 1.55. The molecule has 0 spiro atoms. The van der Waals surface area contributed by atoms with Crippen molar-refractivity contribution in [2.75, 3.05) is 6.61 Å². The van der Waals surface area contributed by atoms with E-state index < -0.39 is 30.6 Å². The van der Waals surface area contributed by atoms with Gasteiger partial charge in [-0.15, -0.1) is 0 Å². The number of aromatic amines is 1. The van der Waals surface area contributed by atoms with Crippen LogP contribution in [0.15, 0.2) is 23.4 Å². The van der Waals surface area contributed by atoms with Crippen LogP contribution in [-0.4, -0.2) is 54.3 Å². The highest BCUT2D eigenvalue weighted by atomic mass is 16.6. The van der Waals surface area contributed by atoms with E-state index in [4.69, 9.17) is 9.84 Å². The van der Waals surface area contributed by atoms with E-state index in [1.54, 1.807) is 12.3 Å². The Morgan fingerprint density at radius 2 is 2.35 bits per heavy atom. The van der Waals surface area contributed by atoms with Crippen LogP contribution in [0.5, 0.6) is 0 Å². The Morgan fingerprint density at radius 1 is 1.60 bits per heavy atom. The molecule has 1 aliphatic rings. The van der Waals surface area contributed by atoms with E-state index in [-0.39, 0.29) is 5.56 Å². The first-order valence-corrected chi connectivity index (χ1v) is 6.17. The molecule has 2 unspecified atom stereocenters. The maximum Gasteiger partial charge on any atom is 0.260 e. The second kappa shape index (κ2) is 4.38. The molecule has 2 aromatic rings. The van der Waals surface area contributed by atoms with Gasteiger partial charge in [-0.1, -0.05) is 0 Å². The monoisotopic (exact) mass is 281 g/mol. The second-order valence-corrected chi connectivity index (χ2v) is 5.07. The van der Waals surface area contributed by atoms with Gasteiger partial charge in [0.05, 0.1) is 18.3 Å². The van der Waals surface area contributed by atoms with Gasteiger partial charge in [-0.25, -0.2) is 4.98 Å². The van der Waals surface area contributed by atoms with E-state index in [0.29, 0.717) is 11.0 Å².